The number of carbonyl (C=O) groups excluding carboxylic acids is 1. The number of H-pyrrole nitrogens is 1. The van der Waals surface area contributed by atoms with Gasteiger partial charge in [-0.25, -0.2) is 0 Å². The summed E-state index contributed by atoms with van der Waals surface area (Å²) in [6, 6.07) is 8.80. The monoisotopic (exact) mass is 278 g/mol. The van der Waals surface area contributed by atoms with Crippen molar-refractivity contribution in [3.05, 3.63) is 48.3 Å². The molecular weight excluding hydrogens is 268 g/mol. The summed E-state index contributed by atoms with van der Waals surface area (Å²) in [5.74, 6) is -0.489. The van der Waals surface area contributed by atoms with Crippen molar-refractivity contribution in [2.24, 2.45) is 5.73 Å². The maximum absolute atomic E-state index is 11.3. The van der Waals surface area contributed by atoms with Gasteiger partial charge < -0.3 is 15.2 Å². The zero-order valence-corrected chi connectivity index (χ0v) is 10.8. The van der Waals surface area contributed by atoms with Gasteiger partial charge in [-0.15, -0.1) is 0 Å². The highest BCUT2D eigenvalue weighted by molar-refractivity contribution is 6.00. The van der Waals surface area contributed by atoms with Crippen LogP contribution < -0.4 is 5.73 Å². The van der Waals surface area contributed by atoms with Crippen molar-refractivity contribution in [1.29, 1.82) is 0 Å². The minimum atomic E-state index is -0.489. The number of pyridine rings is 1. The molecule has 4 aromatic rings. The van der Waals surface area contributed by atoms with Crippen molar-refractivity contribution < 1.29 is 9.32 Å². The van der Waals surface area contributed by atoms with E-state index in [9.17, 15) is 4.79 Å². The number of amides is 1. The minimum absolute atomic E-state index is 0.410. The van der Waals surface area contributed by atoms with Crippen molar-refractivity contribution >= 4 is 27.8 Å². The normalized spacial score (nSPS) is 11.2. The van der Waals surface area contributed by atoms with Gasteiger partial charge in [0, 0.05) is 28.9 Å². The van der Waals surface area contributed by atoms with Gasteiger partial charge in [-0.1, -0.05) is 5.16 Å². The van der Waals surface area contributed by atoms with Crippen LogP contribution in [0, 0.1) is 0 Å². The van der Waals surface area contributed by atoms with Gasteiger partial charge in [0.1, 0.15) is 5.69 Å². The molecule has 3 N–H and O–H groups in total. The Morgan fingerprint density at radius 2 is 2.14 bits per heavy atom. The maximum Gasteiger partial charge on any atom is 0.248 e. The summed E-state index contributed by atoms with van der Waals surface area (Å²) < 4.78 is 5.28. The highest BCUT2D eigenvalue weighted by atomic mass is 16.5. The second-order valence-corrected chi connectivity index (χ2v) is 4.74. The number of hydrogen-bond acceptors (Lipinski definition) is 4. The molecule has 6 nitrogen and oxygen atoms in total. The maximum atomic E-state index is 11.3. The van der Waals surface area contributed by atoms with Crippen LogP contribution in [0.25, 0.3) is 33.3 Å². The predicted octanol–water partition coefficient (Wildman–Crippen LogP) is 2.47. The third-order valence-electron chi connectivity index (χ3n) is 3.43. The van der Waals surface area contributed by atoms with Crippen molar-refractivity contribution in [2.75, 3.05) is 0 Å². The van der Waals surface area contributed by atoms with E-state index in [1.54, 1.807) is 24.4 Å². The van der Waals surface area contributed by atoms with Crippen LogP contribution >= 0.6 is 0 Å². The standard InChI is InChI=1S/C15H10N4O2/c16-15(20)8-1-2-13-10(5-8)14(19-21-13)12-6-11-9(7-18-12)3-4-17-11/h1-7,17H,(H2,16,20). The lowest BCUT2D eigenvalue weighted by molar-refractivity contribution is 0.100. The molecule has 0 aliphatic carbocycles. The van der Waals surface area contributed by atoms with Crippen molar-refractivity contribution in [3.8, 4) is 11.4 Å². The minimum Gasteiger partial charge on any atom is -0.366 e. The van der Waals surface area contributed by atoms with Crippen molar-refractivity contribution in [2.45, 2.75) is 0 Å². The van der Waals surface area contributed by atoms with Gasteiger partial charge >= 0.3 is 0 Å². The number of benzene rings is 1. The van der Waals surface area contributed by atoms with E-state index in [1.807, 2.05) is 18.3 Å². The molecule has 0 fully saturated rings. The van der Waals surface area contributed by atoms with Gasteiger partial charge in [-0.05, 0) is 30.3 Å². The Balaban J connectivity index is 1.96. The number of hydrogen-bond donors (Lipinski definition) is 2. The third-order valence-corrected chi connectivity index (χ3v) is 3.43. The molecule has 0 atom stereocenters. The molecule has 3 aromatic heterocycles. The number of nitrogens with zero attached hydrogens (tertiary/aromatic N) is 2. The molecule has 1 amide bonds. The second kappa shape index (κ2) is 4.17. The van der Waals surface area contributed by atoms with Crippen LogP contribution in [0.1, 0.15) is 10.4 Å². The number of aromatic amines is 1. The van der Waals surface area contributed by atoms with Gasteiger partial charge in [0.2, 0.25) is 5.91 Å². The van der Waals surface area contributed by atoms with Crippen molar-refractivity contribution in [1.82, 2.24) is 15.1 Å². The highest BCUT2D eigenvalue weighted by Gasteiger charge is 2.14. The fraction of sp³-hybridized carbons (Fsp3) is 0. The fourth-order valence-electron chi connectivity index (χ4n) is 2.35. The molecule has 0 saturated heterocycles. The average molecular weight is 278 g/mol. The summed E-state index contributed by atoms with van der Waals surface area (Å²) in [5, 5.41) is 5.78. The average Bonchev–Trinajstić information content (AvgIpc) is 3.12. The third kappa shape index (κ3) is 1.77. The van der Waals surface area contributed by atoms with Crippen molar-refractivity contribution in [3.63, 3.8) is 0 Å². The summed E-state index contributed by atoms with van der Waals surface area (Å²) in [6.45, 7) is 0. The van der Waals surface area contributed by atoms with Gasteiger partial charge in [0.05, 0.1) is 11.1 Å². The summed E-state index contributed by atoms with van der Waals surface area (Å²) >= 11 is 0. The molecule has 0 aliphatic rings. The number of primary amides is 1. The SMILES string of the molecule is NC(=O)c1ccc2onc(-c3cc4[nH]ccc4cn3)c2c1. The van der Waals surface area contributed by atoms with Crippen LogP contribution in [-0.4, -0.2) is 21.0 Å². The van der Waals surface area contributed by atoms with Gasteiger partial charge in [0.25, 0.3) is 0 Å². The molecule has 1 aromatic carbocycles. The van der Waals surface area contributed by atoms with E-state index >= 15 is 0 Å². The number of nitrogens with two attached hydrogens (primary N) is 1. The van der Waals surface area contributed by atoms with Crippen LogP contribution in [0.5, 0.6) is 0 Å². The Hall–Kier alpha value is -3.15. The Morgan fingerprint density at radius 3 is 3.00 bits per heavy atom. The van der Waals surface area contributed by atoms with Crippen LogP contribution in [-0.2, 0) is 0 Å². The molecule has 0 unspecified atom stereocenters. The fourth-order valence-corrected chi connectivity index (χ4v) is 2.35. The molecule has 21 heavy (non-hydrogen) atoms. The second-order valence-electron chi connectivity index (χ2n) is 4.74. The summed E-state index contributed by atoms with van der Waals surface area (Å²) in [6.07, 6.45) is 3.61. The van der Waals surface area contributed by atoms with Crippen LogP contribution in [0.3, 0.4) is 0 Å². The first-order valence-electron chi connectivity index (χ1n) is 6.35. The van der Waals surface area contributed by atoms with E-state index in [0.717, 1.165) is 10.9 Å². The number of nitrogens with one attached hydrogen (secondary N) is 1. The molecule has 0 spiro atoms. The van der Waals surface area contributed by atoms with E-state index in [4.69, 9.17) is 10.3 Å². The number of fused-ring (bicyclic) bond motifs is 2. The topological polar surface area (TPSA) is 97.8 Å². The molecular formula is C15H10N4O2. The lowest BCUT2D eigenvalue weighted by Gasteiger charge is -1.98. The Morgan fingerprint density at radius 1 is 1.24 bits per heavy atom. The summed E-state index contributed by atoms with van der Waals surface area (Å²) in [7, 11) is 0. The van der Waals surface area contributed by atoms with Gasteiger partial charge in [-0.3, -0.25) is 9.78 Å². The highest BCUT2D eigenvalue weighted by Crippen LogP contribution is 2.28. The molecule has 6 heteroatoms. The number of aromatic nitrogens is 3. The first-order chi connectivity index (χ1) is 10.2. The van der Waals surface area contributed by atoms with E-state index < -0.39 is 5.91 Å². The van der Waals surface area contributed by atoms with E-state index in [-0.39, 0.29) is 0 Å². The first kappa shape index (κ1) is 11.7. The molecule has 0 radical (unpaired) electrons. The van der Waals surface area contributed by atoms with E-state index in [1.165, 1.54) is 0 Å². The Bertz CT molecular complexity index is 984. The van der Waals surface area contributed by atoms with Gasteiger partial charge in [0.15, 0.2) is 5.58 Å². The molecule has 0 bridgehead atoms. The smallest absolute Gasteiger partial charge is 0.248 e. The van der Waals surface area contributed by atoms with E-state index in [0.29, 0.717) is 27.9 Å². The number of carbonyl (C=O) groups is 1. The van der Waals surface area contributed by atoms with Crippen LogP contribution in [0.4, 0.5) is 0 Å². The molecule has 3 heterocycles. The number of rotatable bonds is 2. The van der Waals surface area contributed by atoms with Crippen LogP contribution in [0.2, 0.25) is 0 Å². The molecule has 0 saturated carbocycles. The molecule has 4 rings (SSSR count). The first-order valence-corrected chi connectivity index (χ1v) is 6.35. The Labute approximate surface area is 118 Å². The largest absolute Gasteiger partial charge is 0.366 e. The zero-order chi connectivity index (χ0) is 14.4. The zero-order valence-electron chi connectivity index (χ0n) is 10.8. The molecule has 0 aliphatic heterocycles. The quantitative estimate of drug-likeness (QED) is 0.588. The predicted molar refractivity (Wildman–Crippen MR) is 77.6 cm³/mol. The lowest BCUT2D eigenvalue weighted by atomic mass is 10.1. The molecule has 102 valence electrons. The van der Waals surface area contributed by atoms with Crippen LogP contribution in [0.15, 0.2) is 47.2 Å². The van der Waals surface area contributed by atoms with Gasteiger partial charge in [-0.2, -0.15) is 0 Å². The summed E-state index contributed by atoms with van der Waals surface area (Å²) in [4.78, 5) is 18.8. The Kier molecular flexibility index (Phi) is 2.32. The summed E-state index contributed by atoms with van der Waals surface area (Å²) in [5.41, 5.74) is 8.53. The van der Waals surface area contributed by atoms with E-state index in [2.05, 4.69) is 15.1 Å². The lowest BCUT2D eigenvalue weighted by Crippen LogP contribution is -2.10.